The Morgan fingerprint density at radius 1 is 1.13 bits per heavy atom. The Morgan fingerprint density at radius 3 is 3.07 bits per heavy atom. The van der Waals surface area contributed by atoms with Crippen LogP contribution in [0.4, 0.5) is 17.2 Å². The second-order valence-electron chi connectivity index (χ2n) is 7.59. The Kier molecular flexibility index (Phi) is 3.74. The third-order valence-electron chi connectivity index (χ3n) is 5.62. The smallest absolute Gasteiger partial charge is 0.180 e. The second-order valence-corrected chi connectivity index (χ2v) is 7.59. The van der Waals surface area contributed by atoms with E-state index in [0.29, 0.717) is 12.4 Å². The number of anilines is 3. The van der Waals surface area contributed by atoms with Crippen molar-refractivity contribution in [2.45, 2.75) is 6.54 Å². The van der Waals surface area contributed by atoms with E-state index in [1.54, 1.807) is 6.20 Å². The van der Waals surface area contributed by atoms with Gasteiger partial charge in [0.25, 0.3) is 0 Å². The molecule has 0 radical (unpaired) electrons. The first-order chi connectivity index (χ1) is 14.7. The first-order valence-corrected chi connectivity index (χ1v) is 9.96. The SMILES string of the molecule is CN1CCOc2ccc(Nc3nc(-c4ccc5c(c4)CN=C5)cn4ccnc34)cc21. The summed E-state index contributed by atoms with van der Waals surface area (Å²) in [6.07, 6.45) is 7.67. The average Bonchev–Trinajstić information content (AvgIpc) is 3.43. The maximum Gasteiger partial charge on any atom is 0.180 e. The Morgan fingerprint density at radius 2 is 2.10 bits per heavy atom. The number of aromatic nitrogens is 3. The van der Waals surface area contributed by atoms with Crippen LogP contribution in [0, 0.1) is 0 Å². The van der Waals surface area contributed by atoms with Crippen LogP contribution in [0.2, 0.25) is 0 Å². The lowest BCUT2D eigenvalue weighted by Gasteiger charge is -2.28. The molecule has 2 aromatic heterocycles. The van der Waals surface area contributed by atoms with E-state index in [2.05, 4.69) is 51.5 Å². The van der Waals surface area contributed by atoms with Crippen molar-refractivity contribution in [1.29, 1.82) is 0 Å². The third-order valence-corrected chi connectivity index (χ3v) is 5.62. The molecule has 0 fully saturated rings. The highest BCUT2D eigenvalue weighted by atomic mass is 16.5. The van der Waals surface area contributed by atoms with Gasteiger partial charge < -0.3 is 19.4 Å². The third kappa shape index (κ3) is 2.78. The molecule has 6 rings (SSSR count). The molecule has 0 atom stereocenters. The summed E-state index contributed by atoms with van der Waals surface area (Å²) in [7, 11) is 2.08. The van der Waals surface area contributed by atoms with Crippen molar-refractivity contribution < 1.29 is 4.74 Å². The zero-order chi connectivity index (χ0) is 20.1. The molecule has 2 aliphatic heterocycles. The van der Waals surface area contributed by atoms with Gasteiger partial charge in [-0.1, -0.05) is 12.1 Å². The summed E-state index contributed by atoms with van der Waals surface area (Å²) in [5, 5.41) is 3.46. The summed E-state index contributed by atoms with van der Waals surface area (Å²) in [6.45, 7) is 2.31. The minimum Gasteiger partial charge on any atom is -0.490 e. The van der Waals surface area contributed by atoms with Gasteiger partial charge in [0.15, 0.2) is 11.5 Å². The summed E-state index contributed by atoms with van der Waals surface area (Å²) in [5.74, 6) is 1.62. The molecule has 0 saturated heterocycles. The number of benzene rings is 2. The number of fused-ring (bicyclic) bond motifs is 3. The number of nitrogens with one attached hydrogen (secondary N) is 1. The highest BCUT2D eigenvalue weighted by Crippen LogP contribution is 2.35. The van der Waals surface area contributed by atoms with E-state index in [9.17, 15) is 0 Å². The zero-order valence-corrected chi connectivity index (χ0v) is 16.5. The van der Waals surface area contributed by atoms with Crippen LogP contribution in [-0.4, -0.2) is 40.8 Å². The molecule has 2 aliphatic rings. The zero-order valence-electron chi connectivity index (χ0n) is 16.5. The van der Waals surface area contributed by atoms with Gasteiger partial charge in [-0.15, -0.1) is 0 Å². The minimum atomic E-state index is 0.709. The molecule has 0 bridgehead atoms. The van der Waals surface area contributed by atoms with Gasteiger partial charge in [-0.2, -0.15) is 0 Å². The molecule has 148 valence electrons. The molecular weight excluding hydrogens is 376 g/mol. The number of hydrogen-bond acceptors (Lipinski definition) is 6. The normalized spacial score (nSPS) is 14.5. The number of rotatable bonds is 3. The van der Waals surface area contributed by atoms with Crippen LogP contribution in [0.15, 0.2) is 60.0 Å². The van der Waals surface area contributed by atoms with Gasteiger partial charge in [-0.25, -0.2) is 9.97 Å². The Hall–Kier alpha value is -3.87. The summed E-state index contributed by atoms with van der Waals surface area (Å²) in [6, 6.07) is 12.5. The molecule has 7 heteroatoms. The molecule has 0 aliphatic carbocycles. The van der Waals surface area contributed by atoms with Gasteiger partial charge in [0.1, 0.15) is 12.4 Å². The van der Waals surface area contributed by atoms with Gasteiger partial charge in [0.2, 0.25) is 0 Å². The number of hydrogen-bond donors (Lipinski definition) is 1. The largest absolute Gasteiger partial charge is 0.490 e. The lowest BCUT2D eigenvalue weighted by atomic mass is 10.0. The lowest BCUT2D eigenvalue weighted by molar-refractivity contribution is 0.311. The average molecular weight is 396 g/mol. The molecular formula is C23H20N6O. The fraction of sp³-hybridized carbons (Fsp3) is 0.174. The number of nitrogens with zero attached hydrogens (tertiary/aromatic N) is 5. The fourth-order valence-corrected chi connectivity index (χ4v) is 3.99. The van der Waals surface area contributed by atoms with E-state index < -0.39 is 0 Å². The van der Waals surface area contributed by atoms with Gasteiger partial charge in [0.05, 0.1) is 24.5 Å². The van der Waals surface area contributed by atoms with Crippen LogP contribution < -0.4 is 15.0 Å². The van der Waals surface area contributed by atoms with Crippen LogP contribution in [0.25, 0.3) is 16.9 Å². The van der Waals surface area contributed by atoms with E-state index in [4.69, 9.17) is 9.72 Å². The first-order valence-electron chi connectivity index (χ1n) is 9.96. The number of likely N-dealkylation sites (N-methyl/N-ethyl adjacent to an activating group) is 1. The standard InChI is InChI=1S/C23H20N6O/c1-28-8-9-30-21-5-4-18(11-20(21)28)26-22-23-25-6-7-29(23)14-19(27-22)15-2-3-16-12-24-13-17(16)10-15/h2-7,10-12,14H,8-9,13H2,1H3,(H,26,27). The van der Waals surface area contributed by atoms with Crippen LogP contribution in [0.3, 0.4) is 0 Å². The summed E-state index contributed by atoms with van der Waals surface area (Å²) < 4.78 is 7.76. The maximum absolute atomic E-state index is 5.76. The first kappa shape index (κ1) is 17.0. The highest BCUT2D eigenvalue weighted by Gasteiger charge is 2.17. The van der Waals surface area contributed by atoms with E-state index in [-0.39, 0.29) is 0 Å². The molecule has 7 nitrogen and oxygen atoms in total. The molecule has 4 aromatic rings. The van der Waals surface area contributed by atoms with Crippen molar-refractivity contribution in [2.75, 3.05) is 30.4 Å². The van der Waals surface area contributed by atoms with Gasteiger partial charge in [-0.3, -0.25) is 4.99 Å². The quantitative estimate of drug-likeness (QED) is 0.569. The van der Waals surface area contributed by atoms with E-state index in [1.165, 1.54) is 11.1 Å². The van der Waals surface area contributed by atoms with Crippen molar-refractivity contribution >= 4 is 29.1 Å². The van der Waals surface area contributed by atoms with Crippen LogP contribution in [-0.2, 0) is 6.54 Å². The minimum absolute atomic E-state index is 0.709. The number of ether oxygens (including phenoxy) is 1. The molecule has 0 amide bonds. The van der Waals surface area contributed by atoms with Gasteiger partial charge in [-0.05, 0) is 35.4 Å². The van der Waals surface area contributed by atoms with Crippen molar-refractivity contribution in [3.8, 4) is 17.0 Å². The molecule has 0 unspecified atom stereocenters. The van der Waals surface area contributed by atoms with Crippen LogP contribution in [0.1, 0.15) is 11.1 Å². The summed E-state index contributed by atoms with van der Waals surface area (Å²) >= 11 is 0. The van der Waals surface area contributed by atoms with Crippen LogP contribution >= 0.6 is 0 Å². The molecule has 4 heterocycles. The number of aliphatic imine (C=N–C) groups is 1. The molecule has 0 saturated carbocycles. The fourth-order valence-electron chi connectivity index (χ4n) is 3.99. The lowest BCUT2D eigenvalue weighted by Crippen LogP contribution is -2.28. The van der Waals surface area contributed by atoms with Crippen molar-refractivity contribution in [1.82, 2.24) is 14.4 Å². The summed E-state index contributed by atoms with van der Waals surface area (Å²) in [4.78, 5) is 16.0. The van der Waals surface area contributed by atoms with E-state index in [1.807, 2.05) is 35.1 Å². The molecule has 1 N–H and O–H groups in total. The Bertz CT molecular complexity index is 1310. The Balaban J connectivity index is 1.41. The molecule has 0 spiro atoms. The van der Waals surface area contributed by atoms with Crippen molar-refractivity contribution in [2.24, 2.45) is 4.99 Å². The molecule has 2 aromatic carbocycles. The van der Waals surface area contributed by atoms with E-state index in [0.717, 1.165) is 47.1 Å². The maximum atomic E-state index is 5.76. The predicted molar refractivity (Wildman–Crippen MR) is 118 cm³/mol. The highest BCUT2D eigenvalue weighted by molar-refractivity contribution is 5.86. The van der Waals surface area contributed by atoms with Crippen molar-refractivity contribution in [3.05, 3.63) is 66.1 Å². The summed E-state index contributed by atoms with van der Waals surface area (Å²) in [5.41, 5.74) is 7.16. The second kappa shape index (κ2) is 6.59. The van der Waals surface area contributed by atoms with Crippen LogP contribution in [0.5, 0.6) is 5.75 Å². The topological polar surface area (TPSA) is 67.0 Å². The predicted octanol–water partition coefficient (Wildman–Crippen LogP) is 3.90. The number of imidazole rings is 1. The monoisotopic (exact) mass is 396 g/mol. The van der Waals surface area contributed by atoms with E-state index >= 15 is 0 Å². The Labute approximate surface area is 173 Å². The van der Waals surface area contributed by atoms with Crippen molar-refractivity contribution in [3.63, 3.8) is 0 Å². The van der Waals surface area contributed by atoms with Gasteiger partial charge >= 0.3 is 0 Å². The molecule has 30 heavy (non-hydrogen) atoms. The van der Waals surface area contributed by atoms with Gasteiger partial charge in [0, 0.05) is 43.1 Å².